The van der Waals surface area contributed by atoms with Gasteiger partial charge in [0.1, 0.15) is 50.3 Å². The molecule has 12 N–H and O–H groups in total. The fourth-order valence-electron chi connectivity index (χ4n) is 14.6. The van der Waals surface area contributed by atoms with Crippen LogP contribution in [0.2, 0.25) is 0 Å². The van der Waals surface area contributed by atoms with Gasteiger partial charge in [-0.05, 0) is 88.9 Å². The van der Waals surface area contributed by atoms with Crippen molar-refractivity contribution in [1.82, 2.24) is 58.7 Å². The van der Waals surface area contributed by atoms with Crippen LogP contribution in [0.15, 0.2) is 24.8 Å². The standard InChI is InChI=1S/C19H23F3N6O2.C17H19F5N6O2.C17H21F3N6O2.C15H19F3N6O2/c1-24-10-18(4-6-27(7-5-18)11-19(20,21)22)28-9-12(14(23)29)15(26-28)25-16(30)13-8-17(13)2-3-17;1-24-8-15(2-4-27(5-3-15)9-17(20,21)22)28-7-10(12(23)29)13(26-28)25-14(30)11-6-16(11,18)19;1-22-9-16(4-6-25(7-5-16)10-17(18,19)20)26-8-12(13(21)27)14(24-26)23-15(28)11-2-3-11;1-10(25)21-13-11(12(19)26)7-24(22-13)14(8-20-2)3-5-23(6-4-14)9-15(16,17)18/h9,13H,2-8,10-11H2,(H2,23,29)(H,25,26,30);7,11H,2-6,8-9H2,(H2,23,29)(H,25,26,30);8,11H,2-7,9-10H2,(H2,21,27)(H,23,24,28);7H,3-6,8-9H2,1H3,(H2,19,26)(H,21,22,25). The molecule has 4 aliphatic carbocycles. The van der Waals surface area contributed by atoms with Gasteiger partial charge in [-0.3, -0.25) is 76.7 Å². The van der Waals surface area contributed by atoms with Crippen molar-refractivity contribution >= 4 is 70.5 Å². The highest BCUT2D eigenvalue weighted by molar-refractivity contribution is 6.05. The maximum atomic E-state index is 13.1. The van der Waals surface area contributed by atoms with E-state index in [-0.39, 0.29) is 204 Å². The highest BCUT2D eigenvalue weighted by atomic mass is 19.4. The van der Waals surface area contributed by atoms with E-state index in [9.17, 15) is 99.8 Å². The second kappa shape index (κ2) is 33.8. The number of carbonyl (C=O) groups is 8. The summed E-state index contributed by atoms with van der Waals surface area (Å²) in [5.41, 5.74) is 17.8. The van der Waals surface area contributed by atoms with Gasteiger partial charge in [0.25, 0.3) is 29.6 Å². The molecule has 0 radical (unpaired) electrons. The molecule has 114 heavy (non-hydrogen) atoms. The molecular formula is C68H82F14N24O8. The summed E-state index contributed by atoms with van der Waals surface area (Å²) in [4.78, 5) is 114. The SMILES string of the molecule is [C-]#[N+]CC1(n2cc(C(N)=O)c(NC(=O)C3CC3(F)F)n2)CCN(CC(F)(F)F)CC1.[C-]#[N+]CC1(n2cc(C(N)=O)c(NC(=O)C3CC3)n2)CCN(CC(F)(F)F)CC1.[C-]#[N+]CC1(n2cc(C(N)=O)c(NC(=O)C3CC34CC4)n2)CCN(CC(F)(F)F)CC1.[C-]#[N+]CC1(n2cc(C(N)=O)c(NC(C)=O)n2)CCN(CC(F)(F)F)CC1. The Hall–Kier alpha value is -10.6. The molecule has 2 unspecified atom stereocenters. The van der Waals surface area contributed by atoms with Gasteiger partial charge in [0, 0.05) is 102 Å². The number of rotatable bonds is 23. The summed E-state index contributed by atoms with van der Waals surface area (Å²) in [5.74, 6) is -10.3. The second-order valence-electron chi connectivity index (χ2n) is 30.1. The average molecular weight is 1630 g/mol. The van der Waals surface area contributed by atoms with Crippen LogP contribution >= 0.6 is 0 Å². The first kappa shape index (κ1) is 87.4. The van der Waals surface area contributed by atoms with Crippen molar-refractivity contribution in [3.05, 3.63) is 92.7 Å². The molecule has 46 heteroatoms. The molecule has 4 aromatic heterocycles. The van der Waals surface area contributed by atoms with Gasteiger partial charge >= 0.3 is 24.7 Å². The molecular weight excluding hydrogens is 1550 g/mol. The van der Waals surface area contributed by atoms with Crippen LogP contribution in [0.25, 0.3) is 19.4 Å². The minimum atomic E-state index is -4.35. The van der Waals surface area contributed by atoms with Gasteiger partial charge in [0.15, 0.2) is 23.3 Å². The fourth-order valence-corrected chi connectivity index (χ4v) is 14.6. The number of alkyl halides is 14. The van der Waals surface area contributed by atoms with Gasteiger partial charge in [-0.2, -0.15) is 73.1 Å². The van der Waals surface area contributed by atoms with E-state index >= 15 is 0 Å². The molecule has 8 aliphatic rings. The second-order valence-corrected chi connectivity index (χ2v) is 30.1. The number of amides is 8. The predicted octanol–water partition coefficient (Wildman–Crippen LogP) is 6.66. The van der Waals surface area contributed by atoms with E-state index in [1.807, 2.05) is 0 Å². The van der Waals surface area contributed by atoms with Crippen LogP contribution in [0.5, 0.6) is 0 Å². The zero-order valence-corrected chi connectivity index (χ0v) is 61.3. The van der Waals surface area contributed by atoms with Gasteiger partial charge in [0.2, 0.25) is 49.8 Å². The van der Waals surface area contributed by atoms with Crippen molar-refractivity contribution in [2.24, 2.45) is 46.1 Å². The number of halogens is 14. The molecule has 4 saturated carbocycles. The van der Waals surface area contributed by atoms with Crippen molar-refractivity contribution in [2.75, 3.05) is 126 Å². The maximum absolute atomic E-state index is 13.1. The van der Waals surface area contributed by atoms with Crippen molar-refractivity contribution in [3.8, 4) is 0 Å². The zero-order chi connectivity index (χ0) is 84.1. The zero-order valence-electron chi connectivity index (χ0n) is 61.3. The Balaban J connectivity index is 0.000000174. The number of aromatic nitrogens is 8. The Morgan fingerprint density at radius 3 is 0.833 bits per heavy atom. The molecule has 2 atom stereocenters. The molecule has 0 aromatic carbocycles. The molecule has 620 valence electrons. The Morgan fingerprint density at radius 2 is 0.640 bits per heavy atom. The number of nitrogens with zero attached hydrogens (tertiary/aromatic N) is 16. The largest absolute Gasteiger partial charge is 0.401 e. The van der Waals surface area contributed by atoms with Crippen LogP contribution in [-0.4, -0.2) is 241 Å². The number of hydrogen-bond acceptors (Lipinski definition) is 16. The third-order valence-electron chi connectivity index (χ3n) is 21.6. The van der Waals surface area contributed by atoms with Gasteiger partial charge in [-0.25, -0.2) is 35.1 Å². The first-order chi connectivity index (χ1) is 53.1. The number of hydrogen-bond donors (Lipinski definition) is 8. The summed E-state index contributed by atoms with van der Waals surface area (Å²) in [6.45, 7) is 26.9. The van der Waals surface area contributed by atoms with Crippen LogP contribution in [-0.2, 0) is 41.3 Å². The lowest BCUT2D eigenvalue weighted by Crippen LogP contribution is -2.50. The lowest BCUT2D eigenvalue weighted by atomic mass is 9.87. The normalized spacial score (nSPS) is 21.3. The fraction of sp³-hybridized carbons (Fsp3) is 0.647. The van der Waals surface area contributed by atoms with Crippen molar-refractivity contribution < 1.29 is 99.8 Å². The Bertz CT molecular complexity index is 4280. The summed E-state index contributed by atoms with van der Waals surface area (Å²) in [5, 5.41) is 26.8. The maximum Gasteiger partial charge on any atom is 0.401 e. The number of likely N-dealkylation sites (tertiary alicyclic amines) is 4. The molecule has 8 amide bonds. The van der Waals surface area contributed by atoms with Crippen molar-refractivity contribution in [3.63, 3.8) is 0 Å². The number of anilines is 4. The van der Waals surface area contributed by atoms with E-state index in [2.05, 4.69) is 61.0 Å². The van der Waals surface area contributed by atoms with Crippen LogP contribution < -0.4 is 44.2 Å². The summed E-state index contributed by atoms with van der Waals surface area (Å²) in [6, 6.07) is 0. The monoisotopic (exact) mass is 1630 g/mol. The van der Waals surface area contributed by atoms with E-state index < -0.39 is 127 Å². The lowest BCUT2D eigenvalue weighted by molar-refractivity contribution is -0.150. The number of carbonyl (C=O) groups excluding carboxylic acids is 8. The summed E-state index contributed by atoms with van der Waals surface area (Å²) < 4.78 is 183. The summed E-state index contributed by atoms with van der Waals surface area (Å²) in [6.07, 6.45) is -6.19. The molecule has 8 heterocycles. The van der Waals surface area contributed by atoms with E-state index in [1.165, 1.54) is 70.0 Å². The molecule has 8 fully saturated rings. The van der Waals surface area contributed by atoms with Crippen LogP contribution in [0.3, 0.4) is 0 Å². The Morgan fingerprint density at radius 1 is 0.404 bits per heavy atom. The first-order valence-electron chi connectivity index (χ1n) is 35.8. The lowest BCUT2D eigenvalue weighted by Gasteiger charge is -2.38. The quantitative estimate of drug-likeness (QED) is 0.0284. The van der Waals surface area contributed by atoms with E-state index in [1.54, 1.807) is 0 Å². The average Bonchev–Trinajstić information content (AvgIpc) is 1.54. The molecule has 12 rings (SSSR count). The minimum Gasteiger partial charge on any atom is -0.365 e. The Labute approximate surface area is 641 Å². The van der Waals surface area contributed by atoms with E-state index in [0.717, 1.165) is 32.1 Å². The molecule has 4 aliphatic heterocycles. The highest BCUT2D eigenvalue weighted by Gasteiger charge is 2.66. The van der Waals surface area contributed by atoms with Gasteiger partial charge < -0.3 is 63.6 Å². The van der Waals surface area contributed by atoms with Crippen LogP contribution in [0.4, 0.5) is 84.7 Å². The topological polar surface area (TPSA) is 390 Å². The number of piperidine rings is 4. The minimum absolute atomic E-state index is 0.00273. The van der Waals surface area contributed by atoms with Gasteiger partial charge in [-0.15, -0.1) is 0 Å². The molecule has 0 bridgehead atoms. The van der Waals surface area contributed by atoms with E-state index in [0.29, 0.717) is 0 Å². The van der Waals surface area contributed by atoms with E-state index in [4.69, 9.17) is 49.2 Å². The van der Waals surface area contributed by atoms with Crippen LogP contribution in [0, 0.1) is 49.5 Å². The number of primary amides is 4. The third-order valence-corrected chi connectivity index (χ3v) is 21.6. The van der Waals surface area contributed by atoms with Gasteiger partial charge in [0.05, 0.1) is 26.2 Å². The number of nitrogens with two attached hydrogens (primary N) is 4. The molecule has 1 spiro atoms. The molecule has 4 saturated heterocycles. The van der Waals surface area contributed by atoms with Crippen LogP contribution in [0.1, 0.15) is 138 Å². The van der Waals surface area contributed by atoms with Crippen molar-refractivity contribution in [1.29, 1.82) is 0 Å². The first-order valence-corrected chi connectivity index (χ1v) is 35.8. The summed E-state index contributed by atoms with van der Waals surface area (Å²) in [7, 11) is 0. The third kappa shape index (κ3) is 22.0. The molecule has 4 aromatic rings. The molecule has 32 nitrogen and oxygen atoms in total. The predicted molar refractivity (Wildman–Crippen MR) is 373 cm³/mol. The highest BCUT2D eigenvalue weighted by Crippen LogP contribution is 2.70. The van der Waals surface area contributed by atoms with Gasteiger partial charge in [-0.1, -0.05) is 0 Å². The van der Waals surface area contributed by atoms with Crippen molar-refractivity contribution in [2.45, 2.75) is 150 Å². The Kier molecular flexibility index (Phi) is 25.9. The summed E-state index contributed by atoms with van der Waals surface area (Å²) >= 11 is 0. The number of nitrogens with one attached hydrogen (secondary N) is 4. The smallest absolute Gasteiger partial charge is 0.365 e.